The Kier molecular flexibility index (Phi) is 4.32. The predicted molar refractivity (Wildman–Crippen MR) is 83.5 cm³/mol. The molecule has 0 aromatic heterocycles. The van der Waals surface area contributed by atoms with Crippen LogP contribution in [0.25, 0.3) is 0 Å². The molecule has 1 aromatic rings. The molecule has 0 radical (unpaired) electrons. The van der Waals surface area contributed by atoms with E-state index in [9.17, 15) is 14.9 Å². The van der Waals surface area contributed by atoms with E-state index < -0.39 is 11.1 Å². The number of ether oxygens (including phenoxy) is 1. The van der Waals surface area contributed by atoms with Gasteiger partial charge in [0.05, 0.1) is 4.92 Å². The SMILES string of the molecule is O=C(O)Oc1ccc([N+](=O)[O-])cc1CC1C2CCC=CCCC21. The topological polar surface area (TPSA) is 89.7 Å². The minimum absolute atomic E-state index is 0.0301. The maximum atomic E-state index is 11.0. The van der Waals surface area contributed by atoms with Gasteiger partial charge in [0.1, 0.15) is 5.75 Å². The largest absolute Gasteiger partial charge is 0.511 e. The van der Waals surface area contributed by atoms with Gasteiger partial charge >= 0.3 is 6.16 Å². The van der Waals surface area contributed by atoms with E-state index in [-0.39, 0.29) is 11.4 Å². The van der Waals surface area contributed by atoms with Crippen molar-refractivity contribution in [1.29, 1.82) is 0 Å². The maximum Gasteiger partial charge on any atom is 0.511 e. The molecule has 2 atom stereocenters. The molecule has 6 nitrogen and oxygen atoms in total. The van der Waals surface area contributed by atoms with Gasteiger partial charge in [0.2, 0.25) is 0 Å². The van der Waals surface area contributed by atoms with Crippen molar-refractivity contribution in [2.24, 2.45) is 17.8 Å². The molecule has 1 aromatic carbocycles. The van der Waals surface area contributed by atoms with Gasteiger partial charge in [0.15, 0.2) is 0 Å². The van der Waals surface area contributed by atoms with Crippen molar-refractivity contribution >= 4 is 11.8 Å². The zero-order valence-electron chi connectivity index (χ0n) is 12.7. The van der Waals surface area contributed by atoms with E-state index in [1.165, 1.54) is 18.2 Å². The average Bonchev–Trinajstić information content (AvgIpc) is 3.09. The Morgan fingerprint density at radius 2 is 1.91 bits per heavy atom. The number of benzene rings is 1. The molecule has 2 aliphatic rings. The summed E-state index contributed by atoms with van der Waals surface area (Å²) in [5.41, 5.74) is 0.587. The van der Waals surface area contributed by atoms with Crippen molar-refractivity contribution in [3.8, 4) is 5.75 Å². The fraction of sp³-hybridized carbons (Fsp3) is 0.471. The van der Waals surface area contributed by atoms with E-state index in [0.717, 1.165) is 25.7 Å². The van der Waals surface area contributed by atoms with Crippen LogP contribution in [0.4, 0.5) is 10.5 Å². The maximum absolute atomic E-state index is 11.0. The van der Waals surface area contributed by atoms with Crippen LogP contribution in [0.1, 0.15) is 31.2 Å². The van der Waals surface area contributed by atoms with Crippen LogP contribution in [0.3, 0.4) is 0 Å². The van der Waals surface area contributed by atoms with Crippen molar-refractivity contribution in [3.05, 3.63) is 46.0 Å². The van der Waals surface area contributed by atoms with E-state index in [4.69, 9.17) is 9.84 Å². The van der Waals surface area contributed by atoms with Crippen LogP contribution in [0, 0.1) is 27.9 Å². The fourth-order valence-electron chi connectivity index (χ4n) is 3.78. The zero-order chi connectivity index (χ0) is 16.4. The van der Waals surface area contributed by atoms with E-state index in [0.29, 0.717) is 29.7 Å². The summed E-state index contributed by atoms with van der Waals surface area (Å²) in [6, 6.07) is 4.11. The lowest BCUT2D eigenvalue weighted by atomic mass is 10.0. The second-order valence-electron chi connectivity index (χ2n) is 6.24. The first kappa shape index (κ1) is 15.5. The molecule has 2 unspecified atom stereocenters. The summed E-state index contributed by atoms with van der Waals surface area (Å²) in [6.45, 7) is 0. The average molecular weight is 317 g/mol. The van der Waals surface area contributed by atoms with Crippen LogP contribution in [0.15, 0.2) is 30.4 Å². The van der Waals surface area contributed by atoms with E-state index in [1.807, 2.05) is 0 Å². The molecule has 6 heteroatoms. The fourth-order valence-corrected chi connectivity index (χ4v) is 3.78. The van der Waals surface area contributed by atoms with Gasteiger partial charge in [0, 0.05) is 17.7 Å². The summed E-state index contributed by atoms with van der Waals surface area (Å²) in [4.78, 5) is 21.3. The number of nitro groups is 1. The molecular formula is C17H19NO5. The second kappa shape index (κ2) is 6.40. The van der Waals surface area contributed by atoms with E-state index in [1.54, 1.807) is 0 Å². The van der Waals surface area contributed by atoms with Crippen LogP contribution >= 0.6 is 0 Å². The van der Waals surface area contributed by atoms with Gasteiger partial charge in [-0.05, 0) is 55.9 Å². The molecular weight excluding hydrogens is 298 g/mol. The molecule has 0 spiro atoms. The predicted octanol–water partition coefficient (Wildman–Crippen LogP) is 4.19. The number of allylic oxidation sites excluding steroid dienone is 2. The highest BCUT2D eigenvalue weighted by Gasteiger charge is 2.48. The molecule has 1 fully saturated rings. The summed E-state index contributed by atoms with van der Waals surface area (Å²) in [6.07, 6.45) is 8.10. The number of hydrogen-bond acceptors (Lipinski definition) is 4. The van der Waals surface area contributed by atoms with E-state index >= 15 is 0 Å². The van der Waals surface area contributed by atoms with Crippen molar-refractivity contribution in [1.82, 2.24) is 0 Å². The lowest BCUT2D eigenvalue weighted by Gasteiger charge is -2.08. The molecule has 1 saturated carbocycles. The first-order valence-corrected chi connectivity index (χ1v) is 7.89. The standard InChI is InChI=1S/C17H19NO5/c19-17(20)23-16-8-7-12(18(21)22)9-11(16)10-15-13-5-3-1-2-4-6-14(13)15/h1-2,7-9,13-15H,3-6,10H2,(H,19,20). The summed E-state index contributed by atoms with van der Waals surface area (Å²) in [5, 5.41) is 19.8. The van der Waals surface area contributed by atoms with Crippen molar-refractivity contribution in [2.75, 3.05) is 0 Å². The monoisotopic (exact) mass is 317 g/mol. The van der Waals surface area contributed by atoms with Crippen molar-refractivity contribution in [2.45, 2.75) is 32.1 Å². The highest BCUT2D eigenvalue weighted by Crippen LogP contribution is 2.54. The lowest BCUT2D eigenvalue weighted by Crippen LogP contribution is -2.06. The van der Waals surface area contributed by atoms with Crippen LogP contribution < -0.4 is 4.74 Å². The smallest absolute Gasteiger partial charge is 0.449 e. The normalized spacial score (nSPS) is 25.8. The van der Waals surface area contributed by atoms with E-state index in [2.05, 4.69) is 12.2 Å². The molecule has 1 N–H and O–H groups in total. The Morgan fingerprint density at radius 1 is 1.26 bits per heavy atom. The van der Waals surface area contributed by atoms with Gasteiger partial charge in [-0.25, -0.2) is 4.79 Å². The minimum atomic E-state index is -1.40. The molecule has 0 amide bonds. The highest BCUT2D eigenvalue weighted by atomic mass is 16.7. The summed E-state index contributed by atoms with van der Waals surface area (Å²) in [5.74, 6) is 1.95. The Morgan fingerprint density at radius 3 is 2.48 bits per heavy atom. The molecule has 122 valence electrons. The number of nitro benzene ring substituents is 1. The second-order valence-corrected chi connectivity index (χ2v) is 6.24. The number of hydrogen-bond donors (Lipinski definition) is 1. The van der Waals surface area contributed by atoms with Crippen molar-refractivity contribution < 1.29 is 19.6 Å². The number of nitrogens with zero attached hydrogens (tertiary/aromatic N) is 1. The summed E-state index contributed by atoms with van der Waals surface area (Å²) < 4.78 is 4.79. The quantitative estimate of drug-likeness (QED) is 0.296. The Labute approximate surface area is 133 Å². The number of carbonyl (C=O) groups is 1. The molecule has 23 heavy (non-hydrogen) atoms. The number of carboxylic acid groups (broad SMARTS) is 1. The zero-order valence-corrected chi connectivity index (χ0v) is 12.7. The minimum Gasteiger partial charge on any atom is -0.449 e. The Hall–Kier alpha value is -2.37. The third kappa shape index (κ3) is 3.52. The first-order chi connectivity index (χ1) is 11.1. The van der Waals surface area contributed by atoms with Gasteiger partial charge in [-0.15, -0.1) is 0 Å². The molecule has 0 bridgehead atoms. The molecule has 2 aliphatic carbocycles. The van der Waals surface area contributed by atoms with Gasteiger partial charge in [-0.3, -0.25) is 10.1 Å². The van der Waals surface area contributed by atoms with Gasteiger partial charge in [0.25, 0.3) is 5.69 Å². The van der Waals surface area contributed by atoms with Crippen LogP contribution in [-0.4, -0.2) is 16.2 Å². The first-order valence-electron chi connectivity index (χ1n) is 7.89. The van der Waals surface area contributed by atoms with Gasteiger partial charge in [-0.1, -0.05) is 12.2 Å². The van der Waals surface area contributed by atoms with Crippen LogP contribution in [0.5, 0.6) is 5.75 Å². The Bertz CT molecular complexity index is 638. The third-order valence-electron chi connectivity index (χ3n) is 4.92. The number of non-ortho nitro benzene ring substituents is 1. The highest BCUT2D eigenvalue weighted by molar-refractivity contribution is 5.62. The van der Waals surface area contributed by atoms with Crippen LogP contribution in [-0.2, 0) is 6.42 Å². The number of rotatable bonds is 4. The van der Waals surface area contributed by atoms with Gasteiger partial charge < -0.3 is 9.84 Å². The Balaban J connectivity index is 1.79. The molecule has 0 heterocycles. The molecule has 3 rings (SSSR count). The number of fused-ring (bicyclic) bond motifs is 1. The molecule has 0 aliphatic heterocycles. The van der Waals surface area contributed by atoms with Crippen LogP contribution in [0.2, 0.25) is 0 Å². The summed E-state index contributed by atoms with van der Waals surface area (Å²) in [7, 11) is 0. The van der Waals surface area contributed by atoms with Gasteiger partial charge in [-0.2, -0.15) is 0 Å². The summed E-state index contributed by atoms with van der Waals surface area (Å²) >= 11 is 0. The van der Waals surface area contributed by atoms with Crippen molar-refractivity contribution in [3.63, 3.8) is 0 Å². The molecule has 0 saturated heterocycles. The third-order valence-corrected chi connectivity index (χ3v) is 4.92. The lowest BCUT2D eigenvalue weighted by molar-refractivity contribution is -0.384.